The Balaban J connectivity index is 1.67. The Hall–Kier alpha value is -3.28. The van der Waals surface area contributed by atoms with E-state index in [4.69, 9.17) is 14.2 Å². The SMILES string of the molecule is CCOc1ccc(OCC(=O)Nc2cc(OC)cc3cccnc23)cc1. The van der Waals surface area contributed by atoms with Gasteiger partial charge in [-0.15, -0.1) is 0 Å². The molecule has 1 amide bonds. The third kappa shape index (κ3) is 4.22. The van der Waals surface area contributed by atoms with Crippen LogP contribution in [0, 0.1) is 0 Å². The van der Waals surface area contributed by atoms with E-state index in [1.54, 1.807) is 43.6 Å². The van der Waals surface area contributed by atoms with Crippen molar-refractivity contribution in [2.75, 3.05) is 25.6 Å². The van der Waals surface area contributed by atoms with Gasteiger partial charge in [0.25, 0.3) is 5.91 Å². The molecule has 0 spiro atoms. The Labute approximate surface area is 151 Å². The van der Waals surface area contributed by atoms with E-state index in [1.807, 2.05) is 25.1 Å². The van der Waals surface area contributed by atoms with Crippen LogP contribution in [0.2, 0.25) is 0 Å². The summed E-state index contributed by atoms with van der Waals surface area (Å²) in [5, 5.41) is 3.71. The molecule has 0 radical (unpaired) electrons. The quantitative estimate of drug-likeness (QED) is 0.703. The Kier molecular flexibility index (Phi) is 5.53. The molecule has 0 fully saturated rings. The summed E-state index contributed by atoms with van der Waals surface area (Å²) in [5.74, 6) is 1.72. The summed E-state index contributed by atoms with van der Waals surface area (Å²) in [6, 6.07) is 14.5. The lowest BCUT2D eigenvalue weighted by Crippen LogP contribution is -2.20. The van der Waals surface area contributed by atoms with Gasteiger partial charge in [-0.05, 0) is 43.3 Å². The van der Waals surface area contributed by atoms with Crippen molar-refractivity contribution in [3.8, 4) is 17.2 Å². The highest BCUT2D eigenvalue weighted by Gasteiger charge is 2.10. The molecule has 0 bridgehead atoms. The van der Waals surface area contributed by atoms with Gasteiger partial charge in [0.2, 0.25) is 0 Å². The van der Waals surface area contributed by atoms with Crippen LogP contribution in [0.25, 0.3) is 10.9 Å². The standard InChI is InChI=1S/C20H20N2O4/c1-3-25-15-6-8-16(9-7-15)26-13-19(23)22-18-12-17(24-2)11-14-5-4-10-21-20(14)18/h4-12H,3,13H2,1-2H3,(H,22,23). The number of aromatic nitrogens is 1. The minimum atomic E-state index is -0.279. The number of anilines is 1. The lowest BCUT2D eigenvalue weighted by Gasteiger charge is -2.11. The smallest absolute Gasteiger partial charge is 0.262 e. The number of carbonyl (C=O) groups is 1. The van der Waals surface area contributed by atoms with Crippen molar-refractivity contribution in [3.05, 3.63) is 54.7 Å². The first-order chi connectivity index (χ1) is 12.7. The predicted molar refractivity (Wildman–Crippen MR) is 100 cm³/mol. The Morgan fingerprint density at radius 3 is 2.46 bits per heavy atom. The van der Waals surface area contributed by atoms with Crippen LogP contribution in [0.4, 0.5) is 5.69 Å². The topological polar surface area (TPSA) is 69.7 Å². The number of hydrogen-bond donors (Lipinski definition) is 1. The summed E-state index contributed by atoms with van der Waals surface area (Å²) >= 11 is 0. The summed E-state index contributed by atoms with van der Waals surface area (Å²) in [5.41, 5.74) is 1.28. The highest BCUT2D eigenvalue weighted by Crippen LogP contribution is 2.27. The zero-order valence-corrected chi connectivity index (χ0v) is 14.7. The van der Waals surface area contributed by atoms with Gasteiger partial charge in [0.05, 0.1) is 24.9 Å². The first-order valence-corrected chi connectivity index (χ1v) is 8.28. The number of carbonyl (C=O) groups excluding carboxylic acids is 1. The van der Waals surface area contributed by atoms with Gasteiger partial charge >= 0.3 is 0 Å². The Morgan fingerprint density at radius 2 is 1.77 bits per heavy atom. The molecule has 1 N–H and O–H groups in total. The van der Waals surface area contributed by atoms with Gasteiger partial charge in [-0.2, -0.15) is 0 Å². The van der Waals surface area contributed by atoms with Crippen molar-refractivity contribution >= 4 is 22.5 Å². The predicted octanol–water partition coefficient (Wildman–Crippen LogP) is 3.66. The molecule has 26 heavy (non-hydrogen) atoms. The molecule has 6 heteroatoms. The van der Waals surface area contributed by atoms with Crippen LogP contribution >= 0.6 is 0 Å². The molecule has 3 aromatic rings. The van der Waals surface area contributed by atoms with E-state index in [0.717, 1.165) is 11.1 Å². The van der Waals surface area contributed by atoms with E-state index in [2.05, 4.69) is 10.3 Å². The van der Waals surface area contributed by atoms with Crippen molar-refractivity contribution in [3.63, 3.8) is 0 Å². The number of fused-ring (bicyclic) bond motifs is 1. The van der Waals surface area contributed by atoms with Crippen molar-refractivity contribution in [2.24, 2.45) is 0 Å². The molecule has 0 unspecified atom stereocenters. The molecule has 0 aliphatic rings. The highest BCUT2D eigenvalue weighted by atomic mass is 16.5. The van der Waals surface area contributed by atoms with Crippen LogP contribution in [0.1, 0.15) is 6.92 Å². The van der Waals surface area contributed by atoms with Gasteiger partial charge in [0, 0.05) is 17.6 Å². The Bertz CT molecular complexity index is 894. The summed E-state index contributed by atoms with van der Waals surface area (Å²) in [6.07, 6.45) is 1.68. The first kappa shape index (κ1) is 17.5. The summed E-state index contributed by atoms with van der Waals surface area (Å²) < 4.78 is 16.2. The molecule has 0 saturated heterocycles. The van der Waals surface area contributed by atoms with E-state index >= 15 is 0 Å². The van der Waals surface area contributed by atoms with Crippen molar-refractivity contribution < 1.29 is 19.0 Å². The summed E-state index contributed by atoms with van der Waals surface area (Å²) in [4.78, 5) is 16.6. The van der Waals surface area contributed by atoms with Crippen molar-refractivity contribution in [1.29, 1.82) is 0 Å². The average molecular weight is 352 g/mol. The molecule has 6 nitrogen and oxygen atoms in total. The van der Waals surface area contributed by atoms with Gasteiger partial charge < -0.3 is 19.5 Å². The monoisotopic (exact) mass is 352 g/mol. The number of amides is 1. The van der Waals surface area contributed by atoms with Crippen LogP contribution in [-0.2, 0) is 4.79 Å². The van der Waals surface area contributed by atoms with Crippen LogP contribution in [0.5, 0.6) is 17.2 Å². The number of pyridine rings is 1. The lowest BCUT2D eigenvalue weighted by molar-refractivity contribution is -0.118. The van der Waals surface area contributed by atoms with E-state index in [-0.39, 0.29) is 12.5 Å². The number of rotatable bonds is 7. The lowest BCUT2D eigenvalue weighted by atomic mass is 10.2. The Morgan fingerprint density at radius 1 is 1.04 bits per heavy atom. The molecular weight excluding hydrogens is 332 g/mol. The minimum Gasteiger partial charge on any atom is -0.497 e. The molecule has 1 aromatic heterocycles. The van der Waals surface area contributed by atoms with Crippen molar-refractivity contribution in [1.82, 2.24) is 4.98 Å². The second-order valence-electron chi connectivity index (χ2n) is 5.49. The molecule has 3 rings (SSSR count). The number of nitrogens with one attached hydrogen (secondary N) is 1. The highest BCUT2D eigenvalue weighted by molar-refractivity contribution is 6.01. The second-order valence-corrected chi connectivity index (χ2v) is 5.49. The molecule has 0 aliphatic carbocycles. The maximum absolute atomic E-state index is 12.3. The van der Waals surface area contributed by atoms with E-state index in [9.17, 15) is 4.79 Å². The van der Waals surface area contributed by atoms with E-state index < -0.39 is 0 Å². The largest absolute Gasteiger partial charge is 0.497 e. The molecular formula is C20H20N2O4. The molecule has 1 heterocycles. The third-order valence-electron chi connectivity index (χ3n) is 3.69. The molecule has 2 aromatic carbocycles. The zero-order chi connectivity index (χ0) is 18.4. The van der Waals surface area contributed by atoms with Gasteiger partial charge in [-0.25, -0.2) is 0 Å². The van der Waals surface area contributed by atoms with Crippen LogP contribution in [0.15, 0.2) is 54.7 Å². The fraction of sp³-hybridized carbons (Fsp3) is 0.200. The van der Waals surface area contributed by atoms with E-state index in [0.29, 0.717) is 29.3 Å². The summed E-state index contributed by atoms with van der Waals surface area (Å²) in [6.45, 7) is 2.41. The fourth-order valence-electron chi connectivity index (χ4n) is 2.51. The van der Waals surface area contributed by atoms with Gasteiger partial charge in [0.1, 0.15) is 17.2 Å². The van der Waals surface area contributed by atoms with Crippen LogP contribution < -0.4 is 19.5 Å². The third-order valence-corrected chi connectivity index (χ3v) is 3.69. The average Bonchev–Trinajstić information content (AvgIpc) is 2.67. The number of benzene rings is 2. The van der Waals surface area contributed by atoms with Gasteiger partial charge in [0.15, 0.2) is 6.61 Å². The molecule has 0 atom stereocenters. The number of methoxy groups -OCH3 is 1. The zero-order valence-electron chi connectivity index (χ0n) is 14.7. The summed E-state index contributed by atoms with van der Waals surface area (Å²) in [7, 11) is 1.58. The van der Waals surface area contributed by atoms with E-state index in [1.165, 1.54) is 0 Å². The molecule has 134 valence electrons. The molecule has 0 saturated carbocycles. The fourth-order valence-corrected chi connectivity index (χ4v) is 2.51. The molecule has 0 aliphatic heterocycles. The minimum absolute atomic E-state index is 0.112. The van der Waals surface area contributed by atoms with Crippen molar-refractivity contribution in [2.45, 2.75) is 6.92 Å². The number of nitrogens with zero attached hydrogens (tertiary/aromatic N) is 1. The van der Waals surface area contributed by atoms with Gasteiger partial charge in [-0.1, -0.05) is 6.07 Å². The maximum Gasteiger partial charge on any atom is 0.262 e. The normalized spacial score (nSPS) is 10.4. The number of ether oxygens (including phenoxy) is 3. The second kappa shape index (κ2) is 8.20. The van der Waals surface area contributed by atoms with Gasteiger partial charge in [-0.3, -0.25) is 9.78 Å². The maximum atomic E-state index is 12.3. The van der Waals surface area contributed by atoms with Crippen LogP contribution in [0.3, 0.4) is 0 Å². The first-order valence-electron chi connectivity index (χ1n) is 8.28. The van der Waals surface area contributed by atoms with Crippen LogP contribution in [-0.4, -0.2) is 31.2 Å². The number of hydrogen-bond acceptors (Lipinski definition) is 5.